The molecule has 0 spiro atoms. The molecule has 9 heavy (non-hydrogen) atoms. The maximum Gasteiger partial charge on any atom is 0.318 e. The van der Waals surface area contributed by atoms with E-state index in [0.717, 1.165) is 0 Å². The normalized spacial score (nSPS) is 17.6. The van der Waals surface area contributed by atoms with Gasteiger partial charge in [-0.25, -0.2) is 4.39 Å². The van der Waals surface area contributed by atoms with Gasteiger partial charge in [-0.1, -0.05) is 0 Å². The molecule has 0 saturated heterocycles. The molecule has 1 aliphatic rings. The summed E-state index contributed by atoms with van der Waals surface area (Å²) in [5.41, 5.74) is 0. The monoisotopic (exact) mass is 126 g/mol. The lowest BCUT2D eigenvalue weighted by Crippen LogP contribution is -1.91. The van der Waals surface area contributed by atoms with Crippen molar-refractivity contribution in [2.24, 2.45) is 0 Å². The number of carbonyl (C=O) groups is 1. The quantitative estimate of drug-likeness (QED) is 0.353. The average Bonchev–Trinajstić information content (AvgIpc) is 2.10. The lowest BCUT2D eigenvalue weighted by molar-refractivity contribution is -0.136. The minimum Gasteiger partial charge on any atom is -0.414 e. The van der Waals surface area contributed by atoms with Crippen molar-refractivity contribution in [2.45, 2.75) is 6.42 Å². The molecule has 1 rings (SSSR count). The number of halogens is 1. The molecule has 0 aromatic carbocycles. The topological polar surface area (TPSA) is 26.3 Å². The predicted octanol–water partition coefficient (Wildman–Crippen LogP) is 0.748. The van der Waals surface area contributed by atoms with E-state index in [1.807, 2.05) is 5.92 Å². The summed E-state index contributed by atoms with van der Waals surface area (Å²) in [6.07, 6.45) is 4.44. The SMILES string of the molecule is C#CC1=C(F)CC(=O)O1. The number of hydrogen-bond acceptors (Lipinski definition) is 2. The number of rotatable bonds is 0. The molecule has 0 unspecified atom stereocenters. The summed E-state index contributed by atoms with van der Waals surface area (Å²) in [5, 5.41) is 0. The third kappa shape index (κ3) is 0.918. The van der Waals surface area contributed by atoms with E-state index in [4.69, 9.17) is 6.42 Å². The highest BCUT2D eigenvalue weighted by atomic mass is 19.1. The van der Waals surface area contributed by atoms with Crippen LogP contribution in [-0.4, -0.2) is 5.97 Å². The van der Waals surface area contributed by atoms with Crippen LogP contribution in [0.15, 0.2) is 11.6 Å². The Kier molecular flexibility index (Phi) is 1.23. The minimum atomic E-state index is -0.650. The van der Waals surface area contributed by atoms with E-state index in [1.54, 1.807) is 0 Å². The molecule has 0 fully saturated rings. The third-order valence-electron chi connectivity index (χ3n) is 0.893. The summed E-state index contributed by atoms with van der Waals surface area (Å²) in [6, 6.07) is 0. The second-order valence-corrected chi connectivity index (χ2v) is 1.53. The number of cyclic esters (lactones) is 1. The zero-order valence-electron chi connectivity index (χ0n) is 4.48. The summed E-state index contributed by atoms with van der Waals surface area (Å²) < 4.78 is 16.5. The van der Waals surface area contributed by atoms with Crippen molar-refractivity contribution >= 4 is 5.97 Å². The van der Waals surface area contributed by atoms with Crippen molar-refractivity contribution in [3.63, 3.8) is 0 Å². The van der Waals surface area contributed by atoms with Gasteiger partial charge in [0, 0.05) is 0 Å². The first-order chi connectivity index (χ1) is 4.24. The van der Waals surface area contributed by atoms with Crippen LogP contribution in [0.5, 0.6) is 0 Å². The Morgan fingerprint density at radius 2 is 2.44 bits per heavy atom. The molecule has 0 atom stereocenters. The summed E-state index contributed by atoms with van der Waals surface area (Å²) in [6.45, 7) is 0. The number of allylic oxidation sites excluding steroid dienone is 1. The Bertz CT molecular complexity index is 222. The maximum atomic E-state index is 12.2. The standard InChI is InChI=1S/C6H3FO2/c1-2-5-4(7)3-6(8)9-5/h1H,3H2. The van der Waals surface area contributed by atoms with Crippen LogP contribution in [0.1, 0.15) is 6.42 Å². The number of ether oxygens (including phenoxy) is 1. The number of hydrogen-bond donors (Lipinski definition) is 0. The van der Waals surface area contributed by atoms with Crippen LogP contribution in [0.4, 0.5) is 4.39 Å². The second kappa shape index (κ2) is 1.90. The van der Waals surface area contributed by atoms with Crippen LogP contribution in [0.3, 0.4) is 0 Å². The number of carbonyl (C=O) groups excluding carboxylic acids is 1. The van der Waals surface area contributed by atoms with Crippen LogP contribution in [0.25, 0.3) is 0 Å². The molecule has 0 aliphatic carbocycles. The fourth-order valence-electron chi connectivity index (χ4n) is 0.520. The Morgan fingerprint density at radius 3 is 2.67 bits per heavy atom. The highest BCUT2D eigenvalue weighted by molar-refractivity contribution is 5.77. The van der Waals surface area contributed by atoms with Gasteiger partial charge in [-0.15, -0.1) is 6.42 Å². The van der Waals surface area contributed by atoms with Gasteiger partial charge in [0.1, 0.15) is 6.42 Å². The lowest BCUT2D eigenvalue weighted by Gasteiger charge is -1.86. The largest absolute Gasteiger partial charge is 0.414 e. The molecule has 2 nitrogen and oxygen atoms in total. The van der Waals surface area contributed by atoms with Gasteiger partial charge in [0.25, 0.3) is 0 Å². The van der Waals surface area contributed by atoms with Crippen molar-refractivity contribution in [3.8, 4) is 12.3 Å². The van der Waals surface area contributed by atoms with E-state index < -0.39 is 11.8 Å². The summed E-state index contributed by atoms with van der Waals surface area (Å²) >= 11 is 0. The summed E-state index contributed by atoms with van der Waals surface area (Å²) in [7, 11) is 0. The van der Waals surface area contributed by atoms with Gasteiger partial charge in [0.2, 0.25) is 5.76 Å². The van der Waals surface area contributed by atoms with E-state index in [2.05, 4.69) is 4.74 Å². The van der Waals surface area contributed by atoms with Crippen LogP contribution in [-0.2, 0) is 9.53 Å². The molecule has 0 aromatic heterocycles. The van der Waals surface area contributed by atoms with Crippen molar-refractivity contribution < 1.29 is 13.9 Å². The maximum absolute atomic E-state index is 12.2. The molecule has 0 radical (unpaired) electrons. The first-order valence-corrected chi connectivity index (χ1v) is 2.30. The van der Waals surface area contributed by atoms with E-state index in [9.17, 15) is 9.18 Å². The van der Waals surface area contributed by atoms with Crippen LogP contribution in [0, 0.1) is 12.3 Å². The molecule has 0 bridgehead atoms. The molecular weight excluding hydrogens is 123 g/mol. The highest BCUT2D eigenvalue weighted by Crippen LogP contribution is 2.19. The van der Waals surface area contributed by atoms with Gasteiger partial charge in [-0.3, -0.25) is 4.79 Å². The first kappa shape index (κ1) is 5.83. The number of esters is 1. The average molecular weight is 126 g/mol. The molecule has 0 amide bonds. The van der Waals surface area contributed by atoms with Crippen molar-refractivity contribution in [1.29, 1.82) is 0 Å². The zero-order valence-corrected chi connectivity index (χ0v) is 4.48. The van der Waals surface area contributed by atoms with E-state index in [1.165, 1.54) is 0 Å². The van der Waals surface area contributed by atoms with Crippen molar-refractivity contribution in [2.75, 3.05) is 0 Å². The molecule has 3 heteroatoms. The summed E-state index contributed by atoms with van der Waals surface area (Å²) in [4.78, 5) is 10.2. The lowest BCUT2D eigenvalue weighted by atomic mass is 10.4. The van der Waals surface area contributed by atoms with E-state index >= 15 is 0 Å². The molecule has 0 N–H and O–H groups in total. The molecular formula is C6H3FO2. The van der Waals surface area contributed by atoms with Gasteiger partial charge in [0.05, 0.1) is 0 Å². The minimum absolute atomic E-state index is 0.278. The Morgan fingerprint density at radius 1 is 1.78 bits per heavy atom. The Labute approximate surface area is 51.3 Å². The molecule has 1 heterocycles. The Hall–Kier alpha value is -1.30. The fraction of sp³-hybridized carbons (Fsp3) is 0.167. The van der Waals surface area contributed by atoms with Crippen LogP contribution >= 0.6 is 0 Å². The van der Waals surface area contributed by atoms with Gasteiger partial charge < -0.3 is 4.74 Å². The molecule has 1 aliphatic heterocycles. The predicted molar refractivity (Wildman–Crippen MR) is 27.7 cm³/mol. The molecule has 0 saturated carbocycles. The van der Waals surface area contributed by atoms with Gasteiger partial charge in [-0.2, -0.15) is 0 Å². The van der Waals surface area contributed by atoms with Crippen molar-refractivity contribution in [1.82, 2.24) is 0 Å². The number of terminal acetylenes is 1. The van der Waals surface area contributed by atoms with Crippen LogP contribution in [0.2, 0.25) is 0 Å². The zero-order chi connectivity index (χ0) is 6.85. The van der Waals surface area contributed by atoms with Gasteiger partial charge in [-0.05, 0) is 5.92 Å². The highest BCUT2D eigenvalue weighted by Gasteiger charge is 2.21. The van der Waals surface area contributed by atoms with Gasteiger partial charge in [0.15, 0.2) is 5.83 Å². The van der Waals surface area contributed by atoms with E-state index in [-0.39, 0.29) is 12.2 Å². The molecule has 0 aromatic rings. The third-order valence-corrected chi connectivity index (χ3v) is 0.893. The summed E-state index contributed by atoms with van der Waals surface area (Å²) in [5.74, 6) is 0.353. The second-order valence-electron chi connectivity index (χ2n) is 1.53. The molecule has 46 valence electrons. The van der Waals surface area contributed by atoms with Crippen LogP contribution < -0.4 is 0 Å². The Balaban J connectivity index is 2.84. The first-order valence-electron chi connectivity index (χ1n) is 2.30. The fourth-order valence-corrected chi connectivity index (χ4v) is 0.520. The van der Waals surface area contributed by atoms with E-state index in [0.29, 0.717) is 0 Å². The van der Waals surface area contributed by atoms with Gasteiger partial charge >= 0.3 is 5.97 Å². The smallest absolute Gasteiger partial charge is 0.318 e. The van der Waals surface area contributed by atoms with Crippen molar-refractivity contribution in [3.05, 3.63) is 11.6 Å².